The molecule has 0 fully saturated rings. The van der Waals surface area contributed by atoms with Crippen molar-refractivity contribution in [2.75, 3.05) is 0 Å². The van der Waals surface area contributed by atoms with Crippen LogP contribution in [0.4, 0.5) is 0 Å². The van der Waals surface area contributed by atoms with Crippen molar-refractivity contribution in [3.8, 4) is 23.6 Å². The number of phenolic OH excluding ortho intramolecular Hbond substituents is 2. The van der Waals surface area contributed by atoms with Gasteiger partial charge in [-0.25, -0.2) is 0 Å². The van der Waals surface area contributed by atoms with Crippen molar-refractivity contribution in [2.45, 2.75) is 52.4 Å². The Morgan fingerprint density at radius 3 is 1.56 bits per heavy atom. The second kappa shape index (κ2) is 8.46. The Hall–Kier alpha value is -2.50. The van der Waals surface area contributed by atoms with Crippen LogP contribution in [0.5, 0.6) is 11.5 Å². The Kier molecular flexibility index (Phi) is 7.06. The van der Waals surface area contributed by atoms with Gasteiger partial charge in [-0.3, -0.25) is 0 Å². The van der Waals surface area contributed by atoms with Crippen LogP contribution in [0.2, 0.25) is 0 Å². The summed E-state index contributed by atoms with van der Waals surface area (Å²) in [5.41, 5.74) is 2.47. The number of benzene rings is 2. The van der Waals surface area contributed by atoms with E-state index in [-0.39, 0.29) is 16.6 Å². The highest BCUT2D eigenvalue weighted by Crippen LogP contribution is 2.39. The van der Waals surface area contributed by atoms with Gasteiger partial charge in [0.05, 0.1) is 27.7 Å². The minimum atomic E-state index is -0.170. The summed E-state index contributed by atoms with van der Waals surface area (Å²) >= 11 is 3.09. The summed E-state index contributed by atoms with van der Waals surface area (Å²) in [5, 5.41) is 36.8. The fourth-order valence-corrected chi connectivity index (χ4v) is 2.80. The van der Waals surface area contributed by atoms with Gasteiger partial charge in [-0.05, 0) is 57.1 Å². The van der Waals surface area contributed by atoms with E-state index in [1.165, 1.54) is 6.07 Å². The molecule has 0 atom stereocenters. The number of nitriles is 2. The molecule has 5 heteroatoms. The van der Waals surface area contributed by atoms with E-state index in [1.807, 2.05) is 47.6 Å². The molecule has 142 valence electrons. The van der Waals surface area contributed by atoms with Crippen LogP contribution in [0.15, 0.2) is 34.8 Å². The zero-order valence-corrected chi connectivity index (χ0v) is 18.1. The van der Waals surface area contributed by atoms with E-state index in [0.29, 0.717) is 21.3 Å². The van der Waals surface area contributed by atoms with Gasteiger partial charge in [0.2, 0.25) is 0 Å². The molecule has 2 aromatic rings. The van der Waals surface area contributed by atoms with E-state index >= 15 is 0 Å². The molecule has 0 unspecified atom stereocenters. The first-order valence-electron chi connectivity index (χ1n) is 8.48. The number of hydrogen-bond acceptors (Lipinski definition) is 4. The van der Waals surface area contributed by atoms with Crippen molar-refractivity contribution in [1.82, 2.24) is 0 Å². The molecular formula is C22H25BrN2O2. The van der Waals surface area contributed by atoms with Crippen molar-refractivity contribution in [3.63, 3.8) is 0 Å². The maximum Gasteiger partial charge on any atom is 0.129 e. The molecule has 4 nitrogen and oxygen atoms in total. The number of phenols is 2. The van der Waals surface area contributed by atoms with Crippen LogP contribution in [0.3, 0.4) is 0 Å². The molecule has 2 N–H and O–H groups in total. The molecule has 2 aromatic carbocycles. The first-order valence-corrected chi connectivity index (χ1v) is 9.27. The quantitative estimate of drug-likeness (QED) is 0.547. The van der Waals surface area contributed by atoms with Crippen molar-refractivity contribution < 1.29 is 10.2 Å². The molecule has 0 aliphatic carbocycles. The highest BCUT2D eigenvalue weighted by molar-refractivity contribution is 9.10. The van der Waals surface area contributed by atoms with E-state index < -0.39 is 0 Å². The average molecular weight is 429 g/mol. The SMILES string of the molecule is CC(C)(C)c1cc(C#N)cc(C(C)(C)C)c1O.N#Cc1ccc(O)c(Br)c1. The maximum atomic E-state index is 10.4. The summed E-state index contributed by atoms with van der Waals surface area (Å²) in [4.78, 5) is 0. The number of rotatable bonds is 0. The Bertz CT molecular complexity index is 873. The van der Waals surface area contributed by atoms with Crippen molar-refractivity contribution >= 4 is 15.9 Å². The van der Waals surface area contributed by atoms with Gasteiger partial charge < -0.3 is 10.2 Å². The summed E-state index contributed by atoms with van der Waals surface area (Å²) < 4.78 is 0.548. The largest absolute Gasteiger partial charge is 0.507 e. The molecule has 0 aliphatic rings. The van der Waals surface area contributed by atoms with Gasteiger partial charge in [-0.15, -0.1) is 0 Å². The molecule has 0 saturated carbocycles. The Labute approximate surface area is 169 Å². The topological polar surface area (TPSA) is 88.0 Å². The van der Waals surface area contributed by atoms with E-state index in [0.717, 1.165) is 11.1 Å². The van der Waals surface area contributed by atoms with Crippen LogP contribution < -0.4 is 0 Å². The predicted octanol–water partition coefficient (Wildman–Crippen LogP) is 5.89. The van der Waals surface area contributed by atoms with E-state index in [9.17, 15) is 5.11 Å². The molecular weight excluding hydrogens is 404 g/mol. The van der Waals surface area contributed by atoms with Crippen LogP contribution >= 0.6 is 15.9 Å². The lowest BCUT2D eigenvalue weighted by Crippen LogP contribution is -2.17. The van der Waals surface area contributed by atoms with Gasteiger partial charge >= 0.3 is 0 Å². The van der Waals surface area contributed by atoms with E-state index in [4.69, 9.17) is 15.6 Å². The van der Waals surface area contributed by atoms with Crippen molar-refractivity contribution in [2.24, 2.45) is 0 Å². The molecule has 0 aliphatic heterocycles. The summed E-state index contributed by atoms with van der Waals surface area (Å²) in [6.45, 7) is 12.2. The zero-order valence-electron chi connectivity index (χ0n) is 16.6. The third kappa shape index (κ3) is 6.01. The molecule has 0 aromatic heterocycles. The van der Waals surface area contributed by atoms with E-state index in [2.05, 4.69) is 22.0 Å². The van der Waals surface area contributed by atoms with Crippen LogP contribution in [-0.2, 0) is 10.8 Å². The molecule has 0 saturated heterocycles. The van der Waals surface area contributed by atoms with Gasteiger partial charge in [0.25, 0.3) is 0 Å². The fraction of sp³-hybridized carbons (Fsp3) is 0.364. The first kappa shape index (κ1) is 22.5. The molecule has 2 rings (SSSR count). The number of hydrogen-bond donors (Lipinski definition) is 2. The third-order valence-corrected chi connectivity index (χ3v) is 4.57. The average Bonchev–Trinajstić information content (AvgIpc) is 2.56. The highest BCUT2D eigenvalue weighted by Gasteiger charge is 2.26. The van der Waals surface area contributed by atoms with Gasteiger partial charge in [-0.2, -0.15) is 10.5 Å². The standard InChI is InChI=1S/C15H21NO.C7H4BrNO/c1-14(2,3)11-7-10(9-16)8-12(13(11)17)15(4,5)6;8-6-3-5(4-9)1-2-7(6)10/h7-8,17H,1-6H3;1-3,10H. The van der Waals surface area contributed by atoms with Gasteiger partial charge in [0, 0.05) is 11.1 Å². The zero-order chi connectivity index (χ0) is 21.0. The second-order valence-corrected chi connectivity index (χ2v) is 9.16. The van der Waals surface area contributed by atoms with Crippen LogP contribution in [0.1, 0.15) is 63.8 Å². The summed E-state index contributed by atoms with van der Waals surface area (Å²) in [5.74, 6) is 0.475. The summed E-state index contributed by atoms with van der Waals surface area (Å²) in [6, 6.07) is 12.3. The Morgan fingerprint density at radius 1 is 0.778 bits per heavy atom. The molecule has 0 amide bonds. The fourth-order valence-electron chi connectivity index (χ4n) is 2.42. The van der Waals surface area contributed by atoms with Crippen LogP contribution in [-0.4, -0.2) is 10.2 Å². The summed E-state index contributed by atoms with van der Waals surface area (Å²) in [6.07, 6.45) is 0. The monoisotopic (exact) mass is 428 g/mol. The van der Waals surface area contributed by atoms with Gasteiger partial charge in [0.1, 0.15) is 11.5 Å². The predicted molar refractivity (Wildman–Crippen MR) is 111 cm³/mol. The molecule has 27 heavy (non-hydrogen) atoms. The second-order valence-electron chi connectivity index (χ2n) is 8.31. The lowest BCUT2D eigenvalue weighted by Gasteiger charge is -2.27. The van der Waals surface area contributed by atoms with Gasteiger partial charge in [-0.1, -0.05) is 41.5 Å². The first-order chi connectivity index (χ1) is 12.3. The maximum absolute atomic E-state index is 10.4. The minimum Gasteiger partial charge on any atom is -0.507 e. The van der Waals surface area contributed by atoms with Crippen molar-refractivity contribution in [3.05, 3.63) is 57.1 Å². The lowest BCUT2D eigenvalue weighted by molar-refractivity contribution is 0.423. The molecule has 0 radical (unpaired) electrons. The number of aromatic hydroxyl groups is 2. The Balaban J connectivity index is 0.000000309. The highest BCUT2D eigenvalue weighted by atomic mass is 79.9. The molecule has 0 spiro atoms. The number of halogens is 1. The van der Waals surface area contributed by atoms with E-state index in [1.54, 1.807) is 24.3 Å². The Morgan fingerprint density at radius 2 is 1.22 bits per heavy atom. The smallest absolute Gasteiger partial charge is 0.129 e. The molecule has 0 heterocycles. The van der Waals surface area contributed by atoms with Crippen LogP contribution in [0, 0.1) is 22.7 Å². The third-order valence-electron chi connectivity index (χ3n) is 3.93. The van der Waals surface area contributed by atoms with Crippen LogP contribution in [0.25, 0.3) is 0 Å². The lowest BCUT2D eigenvalue weighted by atomic mass is 9.78. The normalized spacial score (nSPS) is 11.0. The minimum absolute atomic E-state index is 0.152. The van der Waals surface area contributed by atoms with Gasteiger partial charge in [0.15, 0.2) is 0 Å². The number of nitrogens with zero attached hydrogens (tertiary/aromatic N) is 2. The van der Waals surface area contributed by atoms with Crippen molar-refractivity contribution in [1.29, 1.82) is 10.5 Å². The summed E-state index contributed by atoms with van der Waals surface area (Å²) in [7, 11) is 0. The molecule has 0 bridgehead atoms.